The molecule has 4 nitrogen and oxygen atoms in total. The molecule has 1 aromatic carbocycles. The van der Waals surface area contributed by atoms with E-state index in [9.17, 15) is 9.59 Å². The minimum atomic E-state index is -0.733. The Morgan fingerprint density at radius 3 is 2.68 bits per heavy atom. The highest BCUT2D eigenvalue weighted by Gasteiger charge is 2.23. The summed E-state index contributed by atoms with van der Waals surface area (Å²) in [6.07, 6.45) is 6.46. The van der Waals surface area contributed by atoms with Crippen molar-refractivity contribution in [1.29, 1.82) is 0 Å². The van der Waals surface area contributed by atoms with E-state index >= 15 is 0 Å². The van der Waals surface area contributed by atoms with E-state index in [-0.39, 0.29) is 16.8 Å². The summed E-state index contributed by atoms with van der Waals surface area (Å²) in [5.74, 6) is 0.719. The van der Waals surface area contributed by atoms with Crippen LogP contribution >= 0.6 is 11.6 Å². The molecule has 1 atom stereocenters. The predicted octanol–water partition coefficient (Wildman–Crippen LogP) is 1.92. The highest BCUT2D eigenvalue weighted by atomic mass is 35.5. The number of carbonyl (C=O) groups is 1. The lowest BCUT2D eigenvalue weighted by molar-refractivity contribution is -0.136. The Labute approximate surface area is 114 Å². The third-order valence-electron chi connectivity index (χ3n) is 2.44. The first-order chi connectivity index (χ1) is 8.72. The summed E-state index contributed by atoms with van der Waals surface area (Å²) < 4.78 is 5.16. The van der Waals surface area contributed by atoms with Gasteiger partial charge in [-0.15, -0.1) is 0 Å². The molecule has 1 unspecified atom stereocenters. The molecule has 0 saturated carbocycles. The average molecular weight is 279 g/mol. The van der Waals surface area contributed by atoms with E-state index in [0.717, 1.165) is 0 Å². The topological polar surface area (TPSA) is 74.9 Å². The molecule has 5 heteroatoms. The quantitative estimate of drug-likeness (QED) is 0.471. The Morgan fingerprint density at radius 2 is 2.00 bits per heavy atom. The zero-order valence-electron chi connectivity index (χ0n) is 9.80. The van der Waals surface area contributed by atoms with Gasteiger partial charge in [-0.2, -0.15) is 0 Å². The average Bonchev–Trinajstić information content (AvgIpc) is 2.41. The van der Waals surface area contributed by atoms with Crippen molar-refractivity contribution in [2.75, 3.05) is 0 Å². The van der Waals surface area contributed by atoms with Gasteiger partial charge in [0.1, 0.15) is 17.6 Å². The van der Waals surface area contributed by atoms with Crippen molar-refractivity contribution < 1.29 is 19.8 Å². The second-order valence-electron chi connectivity index (χ2n) is 3.63. The van der Waals surface area contributed by atoms with Crippen LogP contribution in [0.1, 0.15) is 0 Å². The molecule has 0 bridgehead atoms. The summed E-state index contributed by atoms with van der Waals surface area (Å²) >= 11 is 5.88. The molecule has 0 amide bonds. The number of rotatable bonds is 2. The van der Waals surface area contributed by atoms with Crippen LogP contribution in [0.2, 0.25) is 5.02 Å². The Morgan fingerprint density at radius 1 is 1.26 bits per heavy atom. The number of benzene rings is 1. The first kappa shape index (κ1) is 14.9. The first-order valence-corrected chi connectivity index (χ1v) is 5.66. The standard InChI is InChI=1S/C14H9ClO3.H2O/c15-12-7-3-4-8-13(12)18-14(17)11-6-2-1-5-10(11)9-16;/h1-8,11H;1H2. The summed E-state index contributed by atoms with van der Waals surface area (Å²) in [7, 11) is 0. The molecular weight excluding hydrogens is 268 g/mol. The second kappa shape index (κ2) is 6.71. The van der Waals surface area contributed by atoms with Crippen molar-refractivity contribution in [2.45, 2.75) is 0 Å². The molecule has 98 valence electrons. The highest BCUT2D eigenvalue weighted by Crippen LogP contribution is 2.26. The van der Waals surface area contributed by atoms with Crippen LogP contribution in [-0.2, 0) is 9.59 Å². The predicted molar refractivity (Wildman–Crippen MR) is 71.7 cm³/mol. The fourth-order valence-electron chi connectivity index (χ4n) is 1.54. The number of para-hydroxylation sites is 1. The van der Waals surface area contributed by atoms with E-state index in [1.165, 1.54) is 6.08 Å². The van der Waals surface area contributed by atoms with Crippen LogP contribution < -0.4 is 4.74 Å². The van der Waals surface area contributed by atoms with Crippen molar-refractivity contribution in [3.8, 4) is 5.75 Å². The number of hydrogen-bond donors (Lipinski definition) is 0. The molecule has 2 rings (SSSR count). The molecule has 19 heavy (non-hydrogen) atoms. The zero-order valence-corrected chi connectivity index (χ0v) is 10.6. The molecule has 0 spiro atoms. The Balaban J connectivity index is 0.00000180. The van der Waals surface area contributed by atoms with Crippen LogP contribution in [0.3, 0.4) is 0 Å². The normalized spacial score (nSPS) is 16.5. The van der Waals surface area contributed by atoms with E-state index in [1.54, 1.807) is 48.4 Å². The first-order valence-electron chi connectivity index (χ1n) is 5.28. The van der Waals surface area contributed by atoms with Gasteiger partial charge in [-0.05, 0) is 18.2 Å². The molecular formula is C14H11ClO4. The van der Waals surface area contributed by atoms with Crippen LogP contribution in [0.4, 0.5) is 0 Å². The molecule has 1 aliphatic carbocycles. The number of halogens is 1. The number of carbonyl (C=O) groups excluding carboxylic acids is 2. The fraction of sp³-hybridized carbons (Fsp3) is 0.0714. The van der Waals surface area contributed by atoms with Crippen LogP contribution in [0.25, 0.3) is 0 Å². The van der Waals surface area contributed by atoms with Gasteiger partial charge in [0.05, 0.1) is 10.6 Å². The minimum Gasteiger partial charge on any atom is -0.424 e. The number of hydrogen-bond acceptors (Lipinski definition) is 3. The van der Waals surface area contributed by atoms with Gasteiger partial charge in [0, 0.05) is 0 Å². The molecule has 0 aliphatic heterocycles. The maximum absolute atomic E-state index is 11.9. The maximum Gasteiger partial charge on any atom is 0.323 e. The minimum absolute atomic E-state index is 0. The molecule has 0 heterocycles. The number of esters is 1. The lowest BCUT2D eigenvalue weighted by Crippen LogP contribution is -2.21. The largest absolute Gasteiger partial charge is 0.424 e. The number of allylic oxidation sites excluding steroid dienone is 3. The molecule has 1 aliphatic rings. The fourth-order valence-corrected chi connectivity index (χ4v) is 1.72. The van der Waals surface area contributed by atoms with Crippen LogP contribution in [-0.4, -0.2) is 17.4 Å². The lowest BCUT2D eigenvalue weighted by Gasteiger charge is -2.13. The van der Waals surface area contributed by atoms with E-state index in [2.05, 4.69) is 0 Å². The van der Waals surface area contributed by atoms with Gasteiger partial charge in [-0.1, -0.05) is 42.0 Å². The van der Waals surface area contributed by atoms with Crippen molar-refractivity contribution in [3.63, 3.8) is 0 Å². The smallest absolute Gasteiger partial charge is 0.323 e. The van der Waals surface area contributed by atoms with Crippen molar-refractivity contribution >= 4 is 23.5 Å². The van der Waals surface area contributed by atoms with E-state index in [4.69, 9.17) is 16.3 Å². The summed E-state index contributed by atoms with van der Waals surface area (Å²) in [4.78, 5) is 22.6. The van der Waals surface area contributed by atoms with E-state index in [0.29, 0.717) is 5.02 Å². The highest BCUT2D eigenvalue weighted by molar-refractivity contribution is 6.32. The molecule has 0 fully saturated rings. The van der Waals surface area contributed by atoms with Gasteiger partial charge in [-0.25, -0.2) is 4.79 Å². The zero-order chi connectivity index (χ0) is 13.0. The number of ether oxygens (including phenoxy) is 1. The monoisotopic (exact) mass is 278 g/mol. The molecule has 2 N–H and O–H groups in total. The Kier molecular flexibility index (Phi) is 5.27. The third-order valence-corrected chi connectivity index (χ3v) is 2.76. The van der Waals surface area contributed by atoms with Gasteiger partial charge in [0.15, 0.2) is 0 Å². The summed E-state index contributed by atoms with van der Waals surface area (Å²) in [5, 5.41) is 0.345. The van der Waals surface area contributed by atoms with Gasteiger partial charge in [-0.3, -0.25) is 4.79 Å². The Hall–Kier alpha value is -2.13. The van der Waals surface area contributed by atoms with Gasteiger partial charge in [0.25, 0.3) is 0 Å². The summed E-state index contributed by atoms with van der Waals surface area (Å²) in [5.41, 5.74) is 0.245. The maximum atomic E-state index is 11.9. The van der Waals surface area contributed by atoms with Gasteiger partial charge in [0.2, 0.25) is 0 Å². The van der Waals surface area contributed by atoms with Crippen molar-refractivity contribution in [3.05, 3.63) is 59.2 Å². The molecule has 0 saturated heterocycles. The van der Waals surface area contributed by atoms with E-state index in [1.807, 2.05) is 0 Å². The molecule has 0 aromatic heterocycles. The van der Waals surface area contributed by atoms with Crippen LogP contribution in [0.15, 0.2) is 54.1 Å². The van der Waals surface area contributed by atoms with Gasteiger partial charge >= 0.3 is 5.97 Å². The molecule has 0 radical (unpaired) electrons. The second-order valence-corrected chi connectivity index (χ2v) is 4.04. The van der Waals surface area contributed by atoms with Crippen molar-refractivity contribution in [2.24, 2.45) is 5.92 Å². The van der Waals surface area contributed by atoms with E-state index < -0.39 is 11.9 Å². The van der Waals surface area contributed by atoms with Crippen LogP contribution in [0, 0.1) is 5.92 Å². The van der Waals surface area contributed by atoms with Gasteiger partial charge < -0.3 is 10.2 Å². The van der Waals surface area contributed by atoms with Crippen LogP contribution in [0.5, 0.6) is 5.75 Å². The SMILES string of the molecule is O.O=C=C1C=CC=CC1C(=O)Oc1ccccc1Cl. The summed E-state index contributed by atoms with van der Waals surface area (Å²) in [6.45, 7) is 0. The third kappa shape index (κ3) is 3.42. The van der Waals surface area contributed by atoms with Crippen molar-refractivity contribution in [1.82, 2.24) is 0 Å². The Bertz CT molecular complexity index is 583. The lowest BCUT2D eigenvalue weighted by atomic mass is 9.96. The molecule has 1 aromatic rings. The summed E-state index contributed by atoms with van der Waals surface area (Å²) in [6, 6.07) is 6.66.